The number of hydrogen-bond acceptors (Lipinski definition) is 6. The fraction of sp³-hybridized carbons (Fsp3) is 0.160. The molecule has 4 rings (SSSR count). The number of ether oxygens (including phenoxy) is 2. The van der Waals surface area contributed by atoms with Gasteiger partial charge >= 0.3 is 11.9 Å². The zero-order valence-electron chi connectivity index (χ0n) is 17.6. The first-order chi connectivity index (χ1) is 15.6. The van der Waals surface area contributed by atoms with Gasteiger partial charge in [-0.05, 0) is 36.8 Å². The smallest absolute Gasteiger partial charge is 0.349 e. The van der Waals surface area contributed by atoms with Crippen molar-refractivity contribution < 1.29 is 19.1 Å². The Morgan fingerprint density at radius 2 is 1.72 bits per heavy atom. The molecule has 32 heavy (non-hydrogen) atoms. The number of aryl methyl sites for hydroxylation is 1. The first kappa shape index (κ1) is 21.6. The number of fused-ring (bicyclic) bond motifs is 1. The van der Waals surface area contributed by atoms with Crippen molar-refractivity contribution in [2.75, 3.05) is 12.4 Å². The molecule has 0 radical (unpaired) electrons. The minimum atomic E-state index is -0.624. The van der Waals surface area contributed by atoms with Gasteiger partial charge in [-0.2, -0.15) is 0 Å². The number of nitrogens with zero attached hydrogens (tertiary/aromatic N) is 2. The first-order valence-corrected chi connectivity index (χ1v) is 11.1. The molecule has 4 aromatic rings. The summed E-state index contributed by atoms with van der Waals surface area (Å²) in [5, 5.41) is 0.719. The summed E-state index contributed by atoms with van der Waals surface area (Å²) in [5.41, 5.74) is 4.20. The number of esters is 2. The molecule has 1 aromatic heterocycles. The van der Waals surface area contributed by atoms with Gasteiger partial charge in [0.05, 0.1) is 23.3 Å². The molecule has 0 fully saturated rings. The summed E-state index contributed by atoms with van der Waals surface area (Å²) in [7, 11) is 0. The number of hydrogen-bond donors (Lipinski definition) is 0. The second-order valence-electron chi connectivity index (χ2n) is 7.19. The molecule has 0 aliphatic rings. The van der Waals surface area contributed by atoms with Crippen molar-refractivity contribution in [1.29, 1.82) is 0 Å². The van der Waals surface area contributed by atoms with Crippen LogP contribution in [0.5, 0.6) is 5.75 Å². The molecule has 0 bridgehead atoms. The zero-order chi connectivity index (χ0) is 22.3. The molecular weight excluding hydrogens is 424 g/mol. The van der Waals surface area contributed by atoms with Crippen LogP contribution in [-0.4, -0.2) is 33.8 Å². The molecule has 0 saturated heterocycles. The van der Waals surface area contributed by atoms with E-state index in [1.54, 1.807) is 24.3 Å². The highest BCUT2D eigenvalue weighted by Crippen LogP contribution is 2.25. The van der Waals surface area contributed by atoms with E-state index in [1.807, 2.05) is 36.4 Å². The summed E-state index contributed by atoms with van der Waals surface area (Å²) in [6.45, 7) is 2.26. The second kappa shape index (κ2) is 10.2. The summed E-state index contributed by atoms with van der Waals surface area (Å²) >= 11 is 1.29. The third-order valence-corrected chi connectivity index (χ3v) is 5.64. The van der Waals surface area contributed by atoms with Crippen LogP contribution >= 0.6 is 11.8 Å². The van der Waals surface area contributed by atoms with Crippen LogP contribution in [0.2, 0.25) is 0 Å². The lowest BCUT2D eigenvalue weighted by Gasteiger charge is -2.10. The van der Waals surface area contributed by atoms with Gasteiger partial charge in [0.1, 0.15) is 5.75 Å². The lowest BCUT2D eigenvalue weighted by molar-refractivity contribution is -0.151. The number of benzene rings is 3. The molecule has 0 N–H and O–H groups in total. The lowest BCUT2D eigenvalue weighted by atomic mass is 10.1. The summed E-state index contributed by atoms with van der Waals surface area (Å²) < 4.78 is 12.3. The Balaban J connectivity index is 1.39. The molecular formula is C25H22N2O4S. The molecule has 0 atom stereocenters. The number of thioether (sulfide) groups is 1. The van der Waals surface area contributed by atoms with E-state index in [4.69, 9.17) is 9.47 Å². The molecule has 0 aliphatic heterocycles. The Morgan fingerprint density at radius 3 is 2.53 bits per heavy atom. The van der Waals surface area contributed by atoms with Crippen molar-refractivity contribution >= 4 is 34.7 Å². The van der Waals surface area contributed by atoms with Crippen molar-refractivity contribution in [2.24, 2.45) is 0 Å². The zero-order valence-corrected chi connectivity index (χ0v) is 18.4. The van der Waals surface area contributed by atoms with E-state index in [1.165, 1.54) is 17.3 Å². The van der Waals surface area contributed by atoms with Crippen LogP contribution in [0.1, 0.15) is 11.1 Å². The summed E-state index contributed by atoms with van der Waals surface area (Å²) in [4.78, 5) is 28.8. The standard InChI is InChI=1S/C25H22N2O4S/c1-18-8-7-9-19(14-18)15-27-22-13-6-5-12-21(22)26-25(27)32-17-24(29)30-16-23(28)31-20-10-3-2-4-11-20/h2-14H,15-17H2,1H3. The minimum absolute atomic E-state index is 0.0375. The Morgan fingerprint density at radius 1 is 0.938 bits per heavy atom. The third kappa shape index (κ3) is 5.56. The Hall–Kier alpha value is -3.58. The maximum Gasteiger partial charge on any atom is 0.349 e. The van der Waals surface area contributed by atoms with Gasteiger partial charge in [0.15, 0.2) is 11.8 Å². The molecule has 1 heterocycles. The number of carbonyl (C=O) groups is 2. The number of carbonyl (C=O) groups excluding carboxylic acids is 2. The van der Waals surface area contributed by atoms with E-state index >= 15 is 0 Å². The average Bonchev–Trinajstić information content (AvgIpc) is 3.14. The van der Waals surface area contributed by atoms with Crippen molar-refractivity contribution in [2.45, 2.75) is 18.6 Å². The van der Waals surface area contributed by atoms with Gasteiger partial charge in [0, 0.05) is 0 Å². The van der Waals surface area contributed by atoms with E-state index in [2.05, 4.69) is 34.7 Å². The average molecular weight is 447 g/mol. The maximum absolute atomic E-state index is 12.2. The largest absolute Gasteiger partial charge is 0.453 e. The van der Waals surface area contributed by atoms with Gasteiger partial charge < -0.3 is 14.0 Å². The molecule has 3 aromatic carbocycles. The highest BCUT2D eigenvalue weighted by molar-refractivity contribution is 7.99. The van der Waals surface area contributed by atoms with Crippen LogP contribution in [0.4, 0.5) is 0 Å². The first-order valence-electron chi connectivity index (χ1n) is 10.1. The summed E-state index contributed by atoms with van der Waals surface area (Å²) in [6.07, 6.45) is 0. The molecule has 7 heteroatoms. The monoisotopic (exact) mass is 446 g/mol. The summed E-state index contributed by atoms with van der Waals surface area (Å²) in [6, 6.07) is 24.8. The molecule has 162 valence electrons. The highest BCUT2D eigenvalue weighted by Gasteiger charge is 2.15. The van der Waals surface area contributed by atoms with Gasteiger partial charge in [-0.3, -0.25) is 4.79 Å². The van der Waals surface area contributed by atoms with E-state index in [9.17, 15) is 9.59 Å². The number of rotatable bonds is 8. The van der Waals surface area contributed by atoms with E-state index in [-0.39, 0.29) is 5.75 Å². The maximum atomic E-state index is 12.2. The quantitative estimate of drug-likeness (QED) is 0.223. The van der Waals surface area contributed by atoms with Crippen LogP contribution in [0.25, 0.3) is 11.0 Å². The van der Waals surface area contributed by atoms with E-state index in [0.717, 1.165) is 21.8 Å². The Kier molecular flexibility index (Phi) is 6.87. The Bertz CT molecular complexity index is 1240. The molecule has 0 amide bonds. The fourth-order valence-corrected chi connectivity index (χ4v) is 4.08. The molecule has 0 unspecified atom stereocenters. The SMILES string of the molecule is Cc1cccc(Cn2c(SCC(=O)OCC(=O)Oc3ccccc3)nc3ccccc32)c1. The van der Waals surface area contributed by atoms with Crippen LogP contribution in [0.15, 0.2) is 84.0 Å². The van der Waals surface area contributed by atoms with Crippen LogP contribution < -0.4 is 4.74 Å². The Labute approximate surface area is 190 Å². The van der Waals surface area contributed by atoms with Crippen molar-refractivity contribution in [3.8, 4) is 5.75 Å². The van der Waals surface area contributed by atoms with Gasteiger partial charge in [-0.25, -0.2) is 9.78 Å². The van der Waals surface area contributed by atoms with Gasteiger partial charge in [-0.1, -0.05) is 71.9 Å². The van der Waals surface area contributed by atoms with Crippen molar-refractivity contribution in [3.05, 3.63) is 90.0 Å². The van der Waals surface area contributed by atoms with E-state index in [0.29, 0.717) is 12.3 Å². The van der Waals surface area contributed by atoms with Gasteiger partial charge in [0.25, 0.3) is 0 Å². The number of imidazole rings is 1. The lowest BCUT2D eigenvalue weighted by Crippen LogP contribution is -2.19. The number of para-hydroxylation sites is 3. The van der Waals surface area contributed by atoms with Gasteiger partial charge in [0.2, 0.25) is 0 Å². The normalized spacial score (nSPS) is 10.8. The van der Waals surface area contributed by atoms with Crippen LogP contribution in [0, 0.1) is 6.92 Å². The predicted octanol–water partition coefficient (Wildman–Crippen LogP) is 4.63. The number of aromatic nitrogens is 2. The van der Waals surface area contributed by atoms with Gasteiger partial charge in [-0.15, -0.1) is 0 Å². The molecule has 0 saturated carbocycles. The molecule has 0 spiro atoms. The molecule has 6 nitrogen and oxygen atoms in total. The molecule has 0 aliphatic carbocycles. The summed E-state index contributed by atoms with van der Waals surface area (Å²) in [5.74, 6) is -0.682. The topological polar surface area (TPSA) is 70.4 Å². The third-order valence-electron chi connectivity index (χ3n) is 4.69. The van der Waals surface area contributed by atoms with Crippen LogP contribution in [0.3, 0.4) is 0 Å². The fourth-order valence-electron chi connectivity index (χ4n) is 3.26. The predicted molar refractivity (Wildman–Crippen MR) is 124 cm³/mol. The van der Waals surface area contributed by atoms with Crippen molar-refractivity contribution in [1.82, 2.24) is 9.55 Å². The van der Waals surface area contributed by atoms with Crippen molar-refractivity contribution in [3.63, 3.8) is 0 Å². The second-order valence-corrected chi connectivity index (χ2v) is 8.14. The van der Waals surface area contributed by atoms with Crippen LogP contribution in [-0.2, 0) is 20.9 Å². The minimum Gasteiger partial charge on any atom is -0.453 e. The highest BCUT2D eigenvalue weighted by atomic mass is 32.2. The van der Waals surface area contributed by atoms with E-state index < -0.39 is 18.5 Å².